The third kappa shape index (κ3) is 2.39. The molecule has 3 fully saturated rings. The average Bonchev–Trinajstić information content (AvgIpc) is 3.12. The first-order valence-corrected chi connectivity index (χ1v) is 7.54. The number of hydrogen-bond donors (Lipinski definition) is 2. The summed E-state index contributed by atoms with van der Waals surface area (Å²) < 4.78 is 0. The number of likely N-dealkylation sites (tertiary alicyclic amines) is 1. The molecule has 2 bridgehead atoms. The Bertz CT molecular complexity index is 370. The molecule has 5 heteroatoms. The predicted octanol–water partition coefficient (Wildman–Crippen LogP) is -0.252. The largest absolute Gasteiger partial charge is 0.368 e. The monoisotopic (exact) mass is 266 g/mol. The number of carbonyl (C=O) groups is 1. The van der Waals surface area contributed by atoms with E-state index in [-0.39, 0.29) is 5.91 Å². The Morgan fingerprint density at radius 3 is 2.53 bits per heavy atom. The van der Waals surface area contributed by atoms with Gasteiger partial charge in [-0.25, -0.2) is 0 Å². The van der Waals surface area contributed by atoms with E-state index in [0.29, 0.717) is 18.5 Å². The van der Waals surface area contributed by atoms with Crippen molar-refractivity contribution in [1.29, 1.82) is 0 Å². The zero-order chi connectivity index (χ0) is 13.6. The highest BCUT2D eigenvalue weighted by Gasteiger charge is 2.48. The lowest BCUT2D eigenvalue weighted by Gasteiger charge is -2.34. The second-order valence-corrected chi connectivity index (χ2v) is 6.75. The first kappa shape index (κ1) is 13.3. The van der Waals surface area contributed by atoms with Gasteiger partial charge in [-0.15, -0.1) is 0 Å². The lowest BCUT2D eigenvalue weighted by molar-refractivity contribution is -0.124. The molecule has 3 unspecified atom stereocenters. The van der Waals surface area contributed by atoms with Crippen molar-refractivity contribution in [2.75, 3.05) is 26.7 Å². The third-order valence-electron chi connectivity index (χ3n) is 5.48. The summed E-state index contributed by atoms with van der Waals surface area (Å²) in [7, 11) is 2.23. The van der Waals surface area contributed by atoms with E-state index in [1.807, 2.05) is 0 Å². The fraction of sp³-hybridized carbons (Fsp3) is 0.929. The van der Waals surface area contributed by atoms with Gasteiger partial charge in [0.2, 0.25) is 5.91 Å². The van der Waals surface area contributed by atoms with Crippen LogP contribution in [0.5, 0.6) is 0 Å². The zero-order valence-electron chi connectivity index (χ0n) is 11.8. The minimum atomic E-state index is -0.803. The van der Waals surface area contributed by atoms with E-state index in [0.717, 1.165) is 32.0 Å². The molecule has 2 saturated heterocycles. The van der Waals surface area contributed by atoms with E-state index < -0.39 is 5.54 Å². The number of nitrogens with two attached hydrogens (primary N) is 2. The van der Waals surface area contributed by atoms with Crippen LogP contribution in [0, 0.1) is 5.92 Å². The minimum Gasteiger partial charge on any atom is -0.368 e. The molecule has 2 aliphatic heterocycles. The van der Waals surface area contributed by atoms with Crippen LogP contribution in [0.25, 0.3) is 0 Å². The van der Waals surface area contributed by atoms with Crippen LogP contribution in [0.15, 0.2) is 0 Å². The van der Waals surface area contributed by atoms with Crippen LogP contribution < -0.4 is 11.5 Å². The number of nitrogens with zero attached hydrogens (tertiary/aromatic N) is 2. The molecule has 3 atom stereocenters. The number of primary amides is 1. The maximum Gasteiger partial charge on any atom is 0.239 e. The molecular formula is C14H26N4O. The standard InChI is InChI=1S/C14H26N4O/c1-17-11-4-5-12(17)8-18(7-6-11)9-14(16,13(15)19)10-2-3-10/h10-12H,2-9,16H2,1H3,(H2,15,19). The Balaban J connectivity index is 1.68. The average molecular weight is 266 g/mol. The summed E-state index contributed by atoms with van der Waals surface area (Å²) in [5, 5.41) is 0. The summed E-state index contributed by atoms with van der Waals surface area (Å²) in [5.74, 6) is -0.0130. The summed E-state index contributed by atoms with van der Waals surface area (Å²) in [6, 6.07) is 1.35. The summed E-state index contributed by atoms with van der Waals surface area (Å²) in [6.45, 7) is 2.72. The third-order valence-corrected chi connectivity index (χ3v) is 5.48. The topological polar surface area (TPSA) is 75.6 Å². The first-order valence-electron chi connectivity index (χ1n) is 7.54. The molecule has 1 aliphatic carbocycles. The summed E-state index contributed by atoms with van der Waals surface area (Å²) in [4.78, 5) is 16.6. The van der Waals surface area contributed by atoms with Gasteiger partial charge in [0.15, 0.2) is 0 Å². The van der Waals surface area contributed by atoms with Gasteiger partial charge < -0.3 is 11.5 Å². The van der Waals surface area contributed by atoms with Gasteiger partial charge in [0.1, 0.15) is 5.54 Å². The predicted molar refractivity (Wildman–Crippen MR) is 74.5 cm³/mol. The first-order chi connectivity index (χ1) is 9.00. The molecule has 4 N–H and O–H groups in total. The van der Waals surface area contributed by atoms with Crippen molar-refractivity contribution in [2.24, 2.45) is 17.4 Å². The number of fused-ring (bicyclic) bond motifs is 2. The van der Waals surface area contributed by atoms with Crippen molar-refractivity contribution in [1.82, 2.24) is 9.80 Å². The number of amides is 1. The molecule has 5 nitrogen and oxygen atoms in total. The molecule has 19 heavy (non-hydrogen) atoms. The quantitative estimate of drug-likeness (QED) is 0.735. The van der Waals surface area contributed by atoms with E-state index in [1.54, 1.807) is 0 Å². The highest BCUT2D eigenvalue weighted by Crippen LogP contribution is 2.39. The number of carbonyl (C=O) groups excluding carboxylic acids is 1. The zero-order valence-corrected chi connectivity index (χ0v) is 11.8. The van der Waals surface area contributed by atoms with Crippen molar-refractivity contribution < 1.29 is 4.79 Å². The van der Waals surface area contributed by atoms with Crippen LogP contribution in [0.4, 0.5) is 0 Å². The summed E-state index contributed by atoms with van der Waals surface area (Å²) in [6.07, 6.45) is 5.89. The summed E-state index contributed by atoms with van der Waals surface area (Å²) >= 11 is 0. The lowest BCUT2D eigenvalue weighted by atomic mass is 9.92. The maximum absolute atomic E-state index is 11.7. The molecule has 0 radical (unpaired) electrons. The molecule has 3 rings (SSSR count). The molecular weight excluding hydrogens is 240 g/mol. The lowest BCUT2D eigenvalue weighted by Crippen LogP contribution is -2.61. The van der Waals surface area contributed by atoms with Crippen LogP contribution >= 0.6 is 0 Å². The van der Waals surface area contributed by atoms with Gasteiger partial charge in [0.05, 0.1) is 0 Å². The molecule has 0 aromatic carbocycles. The Morgan fingerprint density at radius 2 is 1.89 bits per heavy atom. The van der Waals surface area contributed by atoms with Gasteiger partial charge in [-0.2, -0.15) is 0 Å². The van der Waals surface area contributed by atoms with E-state index in [1.165, 1.54) is 19.3 Å². The normalized spacial score (nSPS) is 35.9. The van der Waals surface area contributed by atoms with Crippen LogP contribution in [-0.4, -0.2) is 60.0 Å². The van der Waals surface area contributed by atoms with E-state index in [4.69, 9.17) is 11.5 Å². The van der Waals surface area contributed by atoms with Crippen LogP contribution in [0.1, 0.15) is 32.1 Å². The molecule has 1 amide bonds. The maximum atomic E-state index is 11.7. The SMILES string of the molecule is CN1C2CCC1CN(CC(N)(C(N)=O)C1CC1)CC2. The smallest absolute Gasteiger partial charge is 0.239 e. The molecule has 0 aromatic heterocycles. The van der Waals surface area contributed by atoms with Crippen molar-refractivity contribution in [3.63, 3.8) is 0 Å². The van der Waals surface area contributed by atoms with Gasteiger partial charge in [-0.1, -0.05) is 0 Å². The fourth-order valence-electron chi connectivity index (χ4n) is 3.90. The highest BCUT2D eigenvalue weighted by atomic mass is 16.1. The Labute approximate surface area is 115 Å². The van der Waals surface area contributed by atoms with E-state index in [2.05, 4.69) is 16.8 Å². The van der Waals surface area contributed by atoms with E-state index >= 15 is 0 Å². The number of hydrogen-bond acceptors (Lipinski definition) is 4. The van der Waals surface area contributed by atoms with Crippen molar-refractivity contribution in [3.8, 4) is 0 Å². The fourth-order valence-corrected chi connectivity index (χ4v) is 3.90. The molecule has 3 aliphatic rings. The van der Waals surface area contributed by atoms with Gasteiger partial charge >= 0.3 is 0 Å². The van der Waals surface area contributed by atoms with Gasteiger partial charge in [-0.05, 0) is 51.6 Å². The molecule has 0 aromatic rings. The van der Waals surface area contributed by atoms with E-state index in [9.17, 15) is 4.79 Å². The molecule has 2 heterocycles. The molecule has 108 valence electrons. The second-order valence-electron chi connectivity index (χ2n) is 6.75. The van der Waals surface area contributed by atoms with Gasteiger partial charge in [0, 0.05) is 25.2 Å². The Hall–Kier alpha value is -0.650. The van der Waals surface area contributed by atoms with Crippen LogP contribution in [0.3, 0.4) is 0 Å². The minimum absolute atomic E-state index is 0.308. The molecule has 0 spiro atoms. The number of rotatable bonds is 4. The highest BCUT2D eigenvalue weighted by molar-refractivity contribution is 5.85. The van der Waals surface area contributed by atoms with Crippen LogP contribution in [-0.2, 0) is 4.79 Å². The Morgan fingerprint density at radius 1 is 1.21 bits per heavy atom. The Kier molecular flexibility index (Phi) is 3.31. The van der Waals surface area contributed by atoms with Gasteiger partial charge in [0.25, 0.3) is 0 Å². The molecule has 1 saturated carbocycles. The van der Waals surface area contributed by atoms with Crippen molar-refractivity contribution in [3.05, 3.63) is 0 Å². The second kappa shape index (κ2) is 4.72. The van der Waals surface area contributed by atoms with Crippen molar-refractivity contribution >= 4 is 5.91 Å². The van der Waals surface area contributed by atoms with Crippen LogP contribution in [0.2, 0.25) is 0 Å². The van der Waals surface area contributed by atoms with Crippen molar-refractivity contribution in [2.45, 2.75) is 49.7 Å². The van der Waals surface area contributed by atoms with Gasteiger partial charge in [-0.3, -0.25) is 14.6 Å². The summed E-state index contributed by atoms with van der Waals surface area (Å²) in [5.41, 5.74) is 11.1. The number of likely N-dealkylation sites (N-methyl/N-ethyl adjacent to an activating group) is 1.